The van der Waals surface area contributed by atoms with E-state index in [-0.39, 0.29) is 5.82 Å². The lowest BCUT2D eigenvalue weighted by atomic mass is 10.1. The molecule has 8 heteroatoms. The van der Waals surface area contributed by atoms with Crippen LogP contribution in [0.25, 0.3) is 22.7 Å². The third kappa shape index (κ3) is 5.19. The first kappa shape index (κ1) is 22.0. The summed E-state index contributed by atoms with van der Waals surface area (Å²) >= 11 is 10.4. The van der Waals surface area contributed by atoms with E-state index in [9.17, 15) is 9.65 Å². The van der Waals surface area contributed by atoms with Crippen molar-refractivity contribution in [1.29, 1.82) is 5.26 Å². The SMILES string of the molecule is N#C/C(=C/c1cc(I)c(OCc2ccc(Cl)cc2)c(I)c1)c1nc2ccc(F)cc2[nH]1. The van der Waals surface area contributed by atoms with Gasteiger partial charge in [-0.2, -0.15) is 5.26 Å². The van der Waals surface area contributed by atoms with Crippen LogP contribution in [0.1, 0.15) is 17.0 Å². The van der Waals surface area contributed by atoms with E-state index < -0.39 is 0 Å². The van der Waals surface area contributed by atoms with Crippen molar-refractivity contribution in [3.8, 4) is 11.8 Å². The van der Waals surface area contributed by atoms with Gasteiger partial charge in [-0.15, -0.1) is 0 Å². The van der Waals surface area contributed by atoms with Gasteiger partial charge in [0.15, 0.2) is 0 Å². The number of hydrogen-bond acceptors (Lipinski definition) is 3. The number of nitrogens with one attached hydrogen (secondary N) is 1. The first-order chi connectivity index (χ1) is 14.9. The second-order valence-electron chi connectivity index (χ2n) is 6.65. The highest BCUT2D eigenvalue weighted by molar-refractivity contribution is 14.1. The molecule has 4 rings (SSSR count). The molecule has 0 aliphatic heterocycles. The van der Waals surface area contributed by atoms with Gasteiger partial charge >= 0.3 is 0 Å². The smallest absolute Gasteiger partial charge is 0.149 e. The number of fused-ring (bicyclic) bond motifs is 1. The molecule has 31 heavy (non-hydrogen) atoms. The number of nitrogens with zero attached hydrogens (tertiary/aromatic N) is 2. The van der Waals surface area contributed by atoms with Crippen LogP contribution in [0.4, 0.5) is 4.39 Å². The predicted octanol–water partition coefficient (Wildman–Crippen LogP) is 7.21. The number of allylic oxidation sites excluding steroid dienone is 1. The van der Waals surface area contributed by atoms with Crippen molar-refractivity contribution < 1.29 is 9.13 Å². The average molecular weight is 656 g/mol. The topological polar surface area (TPSA) is 61.7 Å². The molecule has 1 heterocycles. The number of halogens is 4. The van der Waals surface area contributed by atoms with Gasteiger partial charge in [-0.3, -0.25) is 0 Å². The minimum atomic E-state index is -0.358. The number of ether oxygens (including phenoxy) is 1. The van der Waals surface area contributed by atoms with E-state index in [0.717, 1.165) is 24.0 Å². The highest BCUT2D eigenvalue weighted by Crippen LogP contribution is 2.31. The van der Waals surface area contributed by atoms with Gasteiger partial charge in [0, 0.05) is 5.02 Å². The average Bonchev–Trinajstić information content (AvgIpc) is 3.15. The summed E-state index contributed by atoms with van der Waals surface area (Å²) in [7, 11) is 0. The molecule has 0 aliphatic carbocycles. The normalized spacial score (nSPS) is 11.5. The van der Waals surface area contributed by atoms with Crippen molar-refractivity contribution in [2.45, 2.75) is 6.61 Å². The maximum Gasteiger partial charge on any atom is 0.149 e. The number of hydrogen-bond donors (Lipinski definition) is 1. The van der Waals surface area contributed by atoms with Crippen molar-refractivity contribution in [2.24, 2.45) is 0 Å². The third-order valence-corrected chi connectivity index (χ3v) is 6.30. The monoisotopic (exact) mass is 655 g/mol. The zero-order valence-electron chi connectivity index (χ0n) is 15.8. The van der Waals surface area contributed by atoms with Crippen molar-refractivity contribution in [3.05, 3.63) is 89.5 Å². The molecule has 1 N–H and O–H groups in total. The van der Waals surface area contributed by atoms with E-state index in [1.165, 1.54) is 12.1 Å². The number of H-pyrrole nitrogens is 1. The Morgan fingerprint density at radius 2 is 1.84 bits per heavy atom. The highest BCUT2D eigenvalue weighted by atomic mass is 127. The molecule has 0 bridgehead atoms. The van der Waals surface area contributed by atoms with Gasteiger partial charge in [0.2, 0.25) is 0 Å². The number of benzene rings is 3. The Morgan fingerprint density at radius 3 is 2.52 bits per heavy atom. The molecular weight excluding hydrogens is 643 g/mol. The fourth-order valence-electron chi connectivity index (χ4n) is 2.97. The number of rotatable bonds is 5. The minimum Gasteiger partial charge on any atom is -0.487 e. The Labute approximate surface area is 210 Å². The van der Waals surface area contributed by atoms with Crippen molar-refractivity contribution in [1.82, 2.24) is 9.97 Å². The number of imidazole rings is 1. The van der Waals surface area contributed by atoms with Gasteiger partial charge in [-0.25, -0.2) is 9.37 Å². The van der Waals surface area contributed by atoms with Crippen LogP contribution in [-0.2, 0) is 6.61 Å². The Morgan fingerprint density at radius 1 is 1.13 bits per heavy atom. The van der Waals surface area contributed by atoms with E-state index in [2.05, 4.69) is 61.2 Å². The summed E-state index contributed by atoms with van der Waals surface area (Å²) in [4.78, 5) is 7.41. The molecule has 1 aromatic heterocycles. The lowest BCUT2D eigenvalue weighted by molar-refractivity contribution is 0.302. The molecule has 0 amide bonds. The van der Waals surface area contributed by atoms with E-state index in [0.29, 0.717) is 34.1 Å². The number of aromatic nitrogens is 2. The second-order valence-corrected chi connectivity index (χ2v) is 9.41. The molecule has 0 radical (unpaired) electrons. The molecule has 0 unspecified atom stereocenters. The van der Waals surface area contributed by atoms with Crippen LogP contribution in [-0.4, -0.2) is 9.97 Å². The minimum absolute atomic E-state index is 0.358. The number of nitriles is 1. The molecular formula is C23H13ClFI2N3O. The summed E-state index contributed by atoms with van der Waals surface area (Å²) in [6, 6.07) is 17.9. The fraction of sp³-hybridized carbons (Fsp3) is 0.0435. The van der Waals surface area contributed by atoms with Gasteiger partial charge in [0.05, 0.1) is 23.7 Å². The van der Waals surface area contributed by atoms with E-state index in [4.69, 9.17) is 16.3 Å². The van der Waals surface area contributed by atoms with Gasteiger partial charge in [0.25, 0.3) is 0 Å². The van der Waals surface area contributed by atoms with E-state index in [1.54, 1.807) is 12.1 Å². The Kier molecular flexibility index (Phi) is 6.79. The van der Waals surface area contributed by atoms with Gasteiger partial charge < -0.3 is 9.72 Å². The van der Waals surface area contributed by atoms with E-state index in [1.807, 2.05) is 36.4 Å². The Hall–Kier alpha value is -2.16. The summed E-state index contributed by atoms with van der Waals surface area (Å²) in [5.41, 5.74) is 3.38. The first-order valence-corrected chi connectivity index (χ1v) is 11.6. The lowest BCUT2D eigenvalue weighted by Crippen LogP contribution is -1.99. The van der Waals surface area contributed by atoms with Crippen molar-refractivity contribution >= 4 is 79.5 Å². The zero-order valence-corrected chi connectivity index (χ0v) is 20.9. The van der Waals surface area contributed by atoms with Crippen LogP contribution >= 0.6 is 56.8 Å². The summed E-state index contributed by atoms with van der Waals surface area (Å²) in [6.07, 6.45) is 1.75. The lowest BCUT2D eigenvalue weighted by Gasteiger charge is -2.12. The fourth-order valence-corrected chi connectivity index (χ4v) is 5.22. The maximum atomic E-state index is 13.4. The van der Waals surface area contributed by atoms with Crippen molar-refractivity contribution in [3.63, 3.8) is 0 Å². The third-order valence-electron chi connectivity index (χ3n) is 4.45. The first-order valence-electron chi connectivity index (χ1n) is 9.06. The standard InChI is InChI=1S/C23H13ClFI2N3O/c24-16-3-1-13(2-4-16)12-31-22-18(26)8-14(9-19(22)27)7-15(11-28)23-29-20-6-5-17(25)10-21(20)30-23/h1-10H,12H2,(H,29,30)/b15-7-. The molecule has 0 saturated heterocycles. The van der Waals surface area contributed by atoms with Crippen LogP contribution in [0, 0.1) is 24.3 Å². The largest absolute Gasteiger partial charge is 0.487 e. The summed E-state index contributed by atoms with van der Waals surface area (Å²) in [5, 5.41) is 10.3. The van der Waals surface area contributed by atoms with Crippen LogP contribution < -0.4 is 4.74 Å². The molecule has 0 aliphatic rings. The zero-order chi connectivity index (χ0) is 22.0. The molecule has 4 aromatic rings. The Balaban J connectivity index is 1.60. The highest BCUT2D eigenvalue weighted by Gasteiger charge is 2.12. The summed E-state index contributed by atoms with van der Waals surface area (Å²) < 4.78 is 21.3. The maximum absolute atomic E-state index is 13.4. The molecule has 3 aromatic carbocycles. The number of aromatic amines is 1. The van der Waals surface area contributed by atoms with E-state index >= 15 is 0 Å². The Bertz CT molecular complexity index is 1320. The van der Waals surface area contributed by atoms with Crippen LogP contribution in [0.15, 0.2) is 54.6 Å². The quantitative estimate of drug-likeness (QED) is 0.183. The van der Waals surface area contributed by atoms with Crippen LogP contribution in [0.5, 0.6) is 5.75 Å². The van der Waals surface area contributed by atoms with Gasteiger partial charge in [0.1, 0.15) is 30.1 Å². The van der Waals surface area contributed by atoms with Gasteiger partial charge in [-0.1, -0.05) is 23.7 Å². The molecule has 4 nitrogen and oxygen atoms in total. The van der Waals surface area contributed by atoms with Crippen LogP contribution in [0.3, 0.4) is 0 Å². The summed E-state index contributed by atoms with van der Waals surface area (Å²) in [6.45, 7) is 0.428. The second kappa shape index (κ2) is 9.54. The molecule has 154 valence electrons. The summed E-state index contributed by atoms with van der Waals surface area (Å²) in [5.74, 6) is 0.825. The molecule has 0 fully saturated rings. The van der Waals surface area contributed by atoms with Crippen LogP contribution in [0.2, 0.25) is 5.02 Å². The van der Waals surface area contributed by atoms with Crippen molar-refractivity contribution in [2.75, 3.05) is 0 Å². The van der Waals surface area contributed by atoms with Gasteiger partial charge in [-0.05, 0) is 105 Å². The predicted molar refractivity (Wildman–Crippen MR) is 137 cm³/mol. The molecule has 0 atom stereocenters. The molecule has 0 spiro atoms. The molecule has 0 saturated carbocycles.